The van der Waals surface area contributed by atoms with Crippen molar-refractivity contribution in [3.63, 3.8) is 0 Å². The van der Waals surface area contributed by atoms with Crippen LogP contribution in [0.2, 0.25) is 0 Å². The van der Waals surface area contributed by atoms with Crippen molar-refractivity contribution in [1.82, 2.24) is 19.4 Å². The van der Waals surface area contributed by atoms with E-state index in [0.717, 1.165) is 50.8 Å². The number of likely N-dealkylation sites (tertiary alicyclic amines) is 2. The van der Waals surface area contributed by atoms with Crippen LogP contribution in [-0.4, -0.2) is 51.4 Å². The van der Waals surface area contributed by atoms with Crippen molar-refractivity contribution in [3.8, 4) is 0 Å². The van der Waals surface area contributed by atoms with Gasteiger partial charge >= 0.3 is 0 Å². The molecule has 1 aromatic carbocycles. The lowest BCUT2D eigenvalue weighted by Crippen LogP contribution is -2.40. The number of nitrogens with zero attached hydrogens (tertiary/aromatic N) is 4. The maximum absolute atomic E-state index is 13.8. The number of hydrogen-bond donors (Lipinski definition) is 0. The predicted molar refractivity (Wildman–Crippen MR) is 123 cm³/mol. The summed E-state index contributed by atoms with van der Waals surface area (Å²) in [5.41, 5.74) is 4.75. The van der Waals surface area contributed by atoms with E-state index in [1.54, 1.807) is 0 Å². The van der Waals surface area contributed by atoms with Crippen LogP contribution in [0, 0.1) is 25.2 Å². The molecule has 1 amide bonds. The minimum atomic E-state index is -0.316. The Morgan fingerprint density at radius 2 is 1.90 bits per heavy atom. The highest BCUT2D eigenvalue weighted by molar-refractivity contribution is 5.87. The Kier molecular flexibility index (Phi) is 5.20. The van der Waals surface area contributed by atoms with Gasteiger partial charge in [-0.15, -0.1) is 0 Å². The Morgan fingerprint density at radius 3 is 2.55 bits per heavy atom. The van der Waals surface area contributed by atoms with Crippen LogP contribution < -0.4 is 0 Å². The summed E-state index contributed by atoms with van der Waals surface area (Å²) < 4.78 is 2.18. The van der Waals surface area contributed by atoms with E-state index < -0.39 is 0 Å². The second-order valence-electron chi connectivity index (χ2n) is 10.7. The van der Waals surface area contributed by atoms with Crippen LogP contribution in [0.5, 0.6) is 0 Å². The van der Waals surface area contributed by atoms with Gasteiger partial charge in [0.1, 0.15) is 0 Å². The third-order valence-corrected chi connectivity index (χ3v) is 7.59. The quantitative estimate of drug-likeness (QED) is 0.699. The first-order valence-electron chi connectivity index (χ1n) is 12.0. The van der Waals surface area contributed by atoms with E-state index in [1.807, 2.05) is 6.33 Å². The Bertz CT molecular complexity index is 955. The molecule has 2 aliphatic heterocycles. The molecule has 2 atom stereocenters. The van der Waals surface area contributed by atoms with Gasteiger partial charge in [-0.25, -0.2) is 4.98 Å². The molecule has 5 nitrogen and oxygen atoms in total. The fourth-order valence-corrected chi connectivity index (χ4v) is 5.85. The van der Waals surface area contributed by atoms with Crippen LogP contribution in [0.1, 0.15) is 67.5 Å². The minimum Gasteiger partial charge on any atom is -0.342 e. The molecule has 0 radical (unpaired) electrons. The monoisotopic (exact) mass is 420 g/mol. The highest BCUT2D eigenvalue weighted by Crippen LogP contribution is 2.50. The molecular weight excluding hydrogens is 384 g/mol. The topological polar surface area (TPSA) is 41.4 Å². The largest absolute Gasteiger partial charge is 0.342 e. The molecule has 31 heavy (non-hydrogen) atoms. The molecule has 1 aliphatic carbocycles. The molecule has 2 saturated heterocycles. The summed E-state index contributed by atoms with van der Waals surface area (Å²) in [5.74, 6) is 1.30. The van der Waals surface area contributed by atoms with Gasteiger partial charge in [0, 0.05) is 50.9 Å². The lowest BCUT2D eigenvalue weighted by Gasteiger charge is -2.28. The molecule has 166 valence electrons. The van der Waals surface area contributed by atoms with Crippen molar-refractivity contribution in [2.75, 3.05) is 26.2 Å². The lowest BCUT2D eigenvalue weighted by molar-refractivity contribution is -0.136. The van der Waals surface area contributed by atoms with Crippen LogP contribution in [0.25, 0.3) is 0 Å². The van der Waals surface area contributed by atoms with Crippen molar-refractivity contribution in [2.45, 2.75) is 65.5 Å². The molecule has 2 unspecified atom stereocenters. The average molecular weight is 421 g/mol. The van der Waals surface area contributed by atoms with Crippen molar-refractivity contribution >= 4 is 5.91 Å². The molecule has 2 aromatic rings. The summed E-state index contributed by atoms with van der Waals surface area (Å²) in [6.07, 6.45) is 7.67. The number of imidazole rings is 1. The van der Waals surface area contributed by atoms with Gasteiger partial charge in [-0.3, -0.25) is 9.69 Å². The van der Waals surface area contributed by atoms with Crippen molar-refractivity contribution in [1.29, 1.82) is 0 Å². The molecule has 3 aliphatic rings. The normalized spacial score (nSPS) is 26.7. The van der Waals surface area contributed by atoms with Gasteiger partial charge in [-0.2, -0.15) is 0 Å². The van der Waals surface area contributed by atoms with Gasteiger partial charge in [0.2, 0.25) is 5.91 Å². The third-order valence-electron chi connectivity index (χ3n) is 7.59. The highest BCUT2D eigenvalue weighted by Gasteiger charge is 2.58. The zero-order valence-electron chi connectivity index (χ0n) is 19.5. The van der Waals surface area contributed by atoms with E-state index in [2.05, 4.69) is 66.5 Å². The first-order valence-corrected chi connectivity index (χ1v) is 12.0. The standard InChI is InChI=1S/C26H36N4O/c1-18(2)30-15-24(27-17-30)23-14-28(12-22-10-19(3)9-20(4)11-22)16-26(23)7-8-29(25(26)31)13-21-5-6-21/h9-11,15,17-18,21,23H,5-8,12-14,16H2,1-4H3. The van der Waals surface area contributed by atoms with Gasteiger partial charge in [0.05, 0.1) is 17.4 Å². The van der Waals surface area contributed by atoms with Gasteiger partial charge in [0.15, 0.2) is 0 Å². The van der Waals surface area contributed by atoms with E-state index in [0.29, 0.717) is 11.9 Å². The Labute approximate surface area is 186 Å². The van der Waals surface area contributed by atoms with E-state index >= 15 is 0 Å². The van der Waals surface area contributed by atoms with Crippen LogP contribution >= 0.6 is 0 Å². The maximum Gasteiger partial charge on any atom is 0.230 e. The molecule has 3 fully saturated rings. The Hall–Kier alpha value is -2.14. The number of benzene rings is 1. The predicted octanol–water partition coefficient (Wildman–Crippen LogP) is 4.31. The van der Waals surface area contributed by atoms with Crippen molar-refractivity contribution in [3.05, 3.63) is 53.1 Å². The third kappa shape index (κ3) is 3.93. The number of aryl methyl sites for hydroxylation is 2. The van der Waals surface area contributed by atoms with Crippen LogP contribution in [-0.2, 0) is 11.3 Å². The van der Waals surface area contributed by atoms with E-state index in [1.165, 1.54) is 29.5 Å². The fourth-order valence-electron chi connectivity index (χ4n) is 5.85. The number of rotatable bonds is 6. The zero-order chi connectivity index (χ0) is 21.8. The number of carbonyl (C=O) groups is 1. The molecular formula is C26H36N4O. The molecule has 5 rings (SSSR count). The molecule has 1 aromatic heterocycles. The van der Waals surface area contributed by atoms with Gasteiger partial charge in [-0.1, -0.05) is 29.3 Å². The molecule has 0 bridgehead atoms. The maximum atomic E-state index is 13.8. The first kappa shape index (κ1) is 20.7. The van der Waals surface area contributed by atoms with Crippen molar-refractivity contribution < 1.29 is 4.79 Å². The first-order chi connectivity index (χ1) is 14.8. The second kappa shape index (κ2) is 7.77. The van der Waals surface area contributed by atoms with Crippen molar-refractivity contribution in [2.24, 2.45) is 11.3 Å². The Balaban J connectivity index is 1.43. The zero-order valence-corrected chi connectivity index (χ0v) is 19.5. The highest BCUT2D eigenvalue weighted by atomic mass is 16.2. The van der Waals surface area contributed by atoms with Gasteiger partial charge in [0.25, 0.3) is 0 Å². The number of aromatic nitrogens is 2. The molecule has 1 spiro atoms. The summed E-state index contributed by atoms with van der Waals surface area (Å²) in [5, 5.41) is 0. The summed E-state index contributed by atoms with van der Waals surface area (Å²) in [6, 6.07) is 7.19. The SMILES string of the molecule is Cc1cc(C)cc(CN2CC(c3cn(C(C)C)cn3)C3(CCN(CC4CC4)C3=O)C2)c1. The number of carbonyl (C=O) groups excluding carboxylic acids is 1. The van der Waals surface area contributed by atoms with Crippen LogP contribution in [0.15, 0.2) is 30.7 Å². The van der Waals surface area contributed by atoms with E-state index in [-0.39, 0.29) is 11.3 Å². The summed E-state index contributed by atoms with van der Waals surface area (Å²) >= 11 is 0. The lowest BCUT2D eigenvalue weighted by atomic mass is 9.75. The van der Waals surface area contributed by atoms with Crippen LogP contribution in [0.3, 0.4) is 0 Å². The number of amides is 1. The average Bonchev–Trinajstić information content (AvgIpc) is 3.12. The number of hydrogen-bond acceptors (Lipinski definition) is 3. The smallest absolute Gasteiger partial charge is 0.230 e. The van der Waals surface area contributed by atoms with E-state index in [4.69, 9.17) is 4.98 Å². The summed E-state index contributed by atoms with van der Waals surface area (Å²) in [6.45, 7) is 13.2. The minimum absolute atomic E-state index is 0.176. The van der Waals surface area contributed by atoms with Gasteiger partial charge in [-0.05, 0) is 58.4 Å². The molecule has 0 N–H and O–H groups in total. The second-order valence-corrected chi connectivity index (χ2v) is 10.7. The molecule has 1 saturated carbocycles. The summed E-state index contributed by atoms with van der Waals surface area (Å²) in [4.78, 5) is 23.3. The molecule has 3 heterocycles. The molecule has 5 heteroatoms. The van der Waals surface area contributed by atoms with Crippen LogP contribution in [0.4, 0.5) is 0 Å². The van der Waals surface area contributed by atoms with E-state index in [9.17, 15) is 4.79 Å². The van der Waals surface area contributed by atoms with Gasteiger partial charge < -0.3 is 9.47 Å². The fraction of sp³-hybridized carbons (Fsp3) is 0.615. The summed E-state index contributed by atoms with van der Waals surface area (Å²) in [7, 11) is 0. The Morgan fingerprint density at radius 1 is 1.16 bits per heavy atom.